The molecular weight excluding hydrogens is 521 g/mol. The highest BCUT2D eigenvalue weighted by Crippen LogP contribution is 2.41. The molecule has 2 heterocycles. The van der Waals surface area contributed by atoms with Crippen molar-refractivity contribution in [2.45, 2.75) is 17.2 Å². The third-order valence-electron chi connectivity index (χ3n) is 6.66. The Balaban J connectivity index is 1.67. The number of anilines is 1. The molecule has 2 N–H and O–H groups in total. The molecule has 3 aromatic carbocycles. The Kier molecular flexibility index (Phi) is 7.87. The molecule has 0 unspecified atom stereocenters. The first kappa shape index (κ1) is 26.7. The van der Waals surface area contributed by atoms with Crippen LogP contribution < -0.4 is 20.5 Å². The van der Waals surface area contributed by atoms with Crippen LogP contribution in [-0.2, 0) is 10.3 Å². The Morgan fingerprint density at radius 1 is 1.00 bits per heavy atom. The van der Waals surface area contributed by atoms with Gasteiger partial charge in [-0.05, 0) is 41.0 Å². The smallest absolute Gasteiger partial charge is 0.351 e. The zero-order valence-electron chi connectivity index (χ0n) is 21.4. The van der Waals surface area contributed by atoms with E-state index in [1.54, 1.807) is 14.2 Å². The third kappa shape index (κ3) is 5.23. The lowest BCUT2D eigenvalue weighted by Gasteiger charge is -2.37. The standard InChI is InChI=1S/C29H28FN3O5S/c1-36-22-12-8-20(9-13-22)29(19-6-4-3-5-7-19,21-10-14-23(37-2)15-11-21)32-27-24(30)16-33(28(35)31-27)25-18-39-26(17-34)38-25/h3-16,25-26,34H,17-18H2,1-2H3,(H,31,32,35)/t25-,26+/m0/s1. The van der Waals surface area contributed by atoms with Gasteiger partial charge in [0.1, 0.15) is 28.7 Å². The van der Waals surface area contributed by atoms with Crippen molar-refractivity contribution >= 4 is 17.6 Å². The average molecular weight is 550 g/mol. The Bertz CT molecular complexity index is 1420. The number of aliphatic hydroxyl groups excluding tert-OH is 1. The fourth-order valence-corrected chi connectivity index (χ4v) is 5.62. The number of hydrogen-bond donors (Lipinski definition) is 2. The number of ether oxygens (including phenoxy) is 3. The van der Waals surface area contributed by atoms with E-state index in [1.807, 2.05) is 78.9 Å². The number of thioether (sulfide) groups is 1. The molecule has 39 heavy (non-hydrogen) atoms. The van der Waals surface area contributed by atoms with Gasteiger partial charge in [-0.1, -0.05) is 54.6 Å². The highest BCUT2D eigenvalue weighted by Gasteiger charge is 2.38. The molecule has 0 amide bonds. The maximum absolute atomic E-state index is 15.7. The number of rotatable bonds is 9. The van der Waals surface area contributed by atoms with Crippen molar-refractivity contribution in [3.8, 4) is 11.5 Å². The second kappa shape index (κ2) is 11.5. The summed E-state index contributed by atoms with van der Waals surface area (Å²) < 4.78 is 33.3. The molecule has 1 aromatic heterocycles. The van der Waals surface area contributed by atoms with E-state index in [0.29, 0.717) is 17.3 Å². The molecule has 2 atom stereocenters. The van der Waals surface area contributed by atoms with Crippen LogP contribution in [0.15, 0.2) is 89.9 Å². The summed E-state index contributed by atoms with van der Waals surface area (Å²) in [5, 5.41) is 12.7. The quantitative estimate of drug-likeness (QED) is 0.297. The van der Waals surface area contributed by atoms with Gasteiger partial charge in [-0.15, -0.1) is 11.8 Å². The number of benzene rings is 3. The topological polar surface area (TPSA) is 94.8 Å². The SMILES string of the molecule is COc1ccc(C(Nc2nc(=O)n([C@@H]3CS[C@H](CO)O3)cc2F)(c2ccccc2)c2ccc(OC)cc2)cc1. The predicted octanol–water partition coefficient (Wildman–Crippen LogP) is 4.38. The van der Waals surface area contributed by atoms with Crippen LogP contribution in [0.5, 0.6) is 11.5 Å². The van der Waals surface area contributed by atoms with E-state index >= 15 is 4.39 Å². The second-order valence-electron chi connectivity index (χ2n) is 8.86. The summed E-state index contributed by atoms with van der Waals surface area (Å²) in [6.45, 7) is -0.200. The lowest BCUT2D eigenvalue weighted by molar-refractivity contribution is -0.00678. The van der Waals surface area contributed by atoms with Crippen molar-refractivity contribution < 1.29 is 23.7 Å². The fourth-order valence-electron chi connectivity index (χ4n) is 4.69. The summed E-state index contributed by atoms with van der Waals surface area (Å²) in [6, 6.07) is 24.4. The lowest BCUT2D eigenvalue weighted by atomic mass is 9.77. The molecule has 0 aliphatic carbocycles. The molecule has 4 aromatic rings. The first-order valence-corrected chi connectivity index (χ1v) is 13.3. The fraction of sp³-hybridized carbons (Fsp3) is 0.241. The van der Waals surface area contributed by atoms with E-state index in [-0.39, 0.29) is 12.4 Å². The van der Waals surface area contributed by atoms with E-state index in [2.05, 4.69) is 10.3 Å². The minimum absolute atomic E-state index is 0.200. The van der Waals surface area contributed by atoms with Crippen molar-refractivity contribution in [3.63, 3.8) is 0 Å². The van der Waals surface area contributed by atoms with Crippen LogP contribution in [-0.4, -0.2) is 46.7 Å². The minimum atomic E-state index is -1.14. The molecule has 10 heteroatoms. The Morgan fingerprint density at radius 3 is 2.08 bits per heavy atom. The highest BCUT2D eigenvalue weighted by atomic mass is 32.2. The highest BCUT2D eigenvalue weighted by molar-refractivity contribution is 8.00. The van der Waals surface area contributed by atoms with E-state index in [9.17, 15) is 9.90 Å². The predicted molar refractivity (Wildman–Crippen MR) is 148 cm³/mol. The molecule has 5 rings (SSSR count). The Labute approximate surface area is 229 Å². The number of aliphatic hydroxyl groups is 1. The van der Waals surface area contributed by atoms with Gasteiger partial charge >= 0.3 is 5.69 Å². The van der Waals surface area contributed by atoms with Gasteiger partial charge in [0, 0.05) is 5.75 Å². The number of aromatic nitrogens is 2. The number of nitrogens with zero attached hydrogens (tertiary/aromatic N) is 2. The lowest BCUT2D eigenvalue weighted by Crippen LogP contribution is -2.40. The third-order valence-corrected chi connectivity index (χ3v) is 7.77. The number of halogens is 1. The largest absolute Gasteiger partial charge is 0.497 e. The molecule has 0 spiro atoms. The van der Waals surface area contributed by atoms with E-state index in [0.717, 1.165) is 27.5 Å². The van der Waals surface area contributed by atoms with Crippen LogP contribution in [0, 0.1) is 5.82 Å². The van der Waals surface area contributed by atoms with Crippen molar-refractivity contribution in [1.29, 1.82) is 0 Å². The maximum Gasteiger partial charge on any atom is 0.351 e. The van der Waals surface area contributed by atoms with Gasteiger partial charge in [0.25, 0.3) is 0 Å². The van der Waals surface area contributed by atoms with E-state index in [4.69, 9.17) is 14.2 Å². The molecule has 202 valence electrons. The van der Waals surface area contributed by atoms with Gasteiger partial charge in [0.2, 0.25) is 0 Å². The number of nitrogens with one attached hydrogen (secondary N) is 1. The van der Waals surface area contributed by atoms with Gasteiger partial charge in [0.15, 0.2) is 11.6 Å². The summed E-state index contributed by atoms with van der Waals surface area (Å²) in [4.78, 5) is 17.2. The van der Waals surface area contributed by atoms with Crippen LogP contribution in [0.2, 0.25) is 0 Å². The molecule has 1 aliphatic rings. The van der Waals surface area contributed by atoms with Crippen LogP contribution in [0.3, 0.4) is 0 Å². The van der Waals surface area contributed by atoms with Gasteiger partial charge in [-0.2, -0.15) is 4.98 Å². The Hall–Kier alpha value is -3.86. The van der Waals surface area contributed by atoms with Crippen molar-refractivity contribution in [2.24, 2.45) is 0 Å². The summed E-state index contributed by atoms with van der Waals surface area (Å²) in [5.74, 6) is 0.787. The molecule has 1 saturated heterocycles. The van der Waals surface area contributed by atoms with Crippen LogP contribution >= 0.6 is 11.8 Å². The van der Waals surface area contributed by atoms with Crippen molar-refractivity contribution in [2.75, 3.05) is 31.9 Å². The van der Waals surface area contributed by atoms with Crippen LogP contribution in [0.4, 0.5) is 10.2 Å². The summed E-state index contributed by atoms with van der Waals surface area (Å²) in [7, 11) is 3.18. The summed E-state index contributed by atoms with van der Waals surface area (Å²) >= 11 is 1.35. The molecular formula is C29H28FN3O5S. The maximum atomic E-state index is 15.7. The zero-order valence-corrected chi connectivity index (χ0v) is 22.2. The van der Waals surface area contributed by atoms with Gasteiger partial charge in [-0.3, -0.25) is 4.57 Å². The number of methoxy groups -OCH3 is 2. The Morgan fingerprint density at radius 2 is 1.56 bits per heavy atom. The molecule has 1 fully saturated rings. The molecule has 0 radical (unpaired) electrons. The first-order chi connectivity index (χ1) is 19.0. The number of hydrogen-bond acceptors (Lipinski definition) is 8. The monoisotopic (exact) mass is 549 g/mol. The zero-order chi connectivity index (χ0) is 27.4. The van der Waals surface area contributed by atoms with Crippen LogP contribution in [0.25, 0.3) is 0 Å². The van der Waals surface area contributed by atoms with Gasteiger partial charge in [0.05, 0.1) is 27.0 Å². The van der Waals surface area contributed by atoms with E-state index < -0.39 is 28.7 Å². The summed E-state index contributed by atoms with van der Waals surface area (Å²) in [5.41, 5.74) is 0.0476. The summed E-state index contributed by atoms with van der Waals surface area (Å²) in [6.07, 6.45) is 0.373. The average Bonchev–Trinajstić information content (AvgIpc) is 3.47. The first-order valence-electron chi connectivity index (χ1n) is 12.3. The van der Waals surface area contributed by atoms with Gasteiger partial charge < -0.3 is 24.6 Å². The molecule has 0 saturated carbocycles. The van der Waals surface area contributed by atoms with Crippen LogP contribution in [0.1, 0.15) is 22.9 Å². The molecule has 0 bridgehead atoms. The minimum Gasteiger partial charge on any atom is -0.497 e. The van der Waals surface area contributed by atoms with Gasteiger partial charge in [-0.25, -0.2) is 9.18 Å². The van der Waals surface area contributed by atoms with Crippen molar-refractivity contribution in [1.82, 2.24) is 9.55 Å². The molecule has 8 nitrogen and oxygen atoms in total. The second-order valence-corrected chi connectivity index (χ2v) is 10.1. The normalized spacial score (nSPS) is 17.1. The molecule has 1 aliphatic heterocycles. The van der Waals surface area contributed by atoms with E-state index in [1.165, 1.54) is 11.8 Å². The van der Waals surface area contributed by atoms with Crippen molar-refractivity contribution in [3.05, 3.63) is 118 Å².